The van der Waals surface area contributed by atoms with Gasteiger partial charge in [0.2, 0.25) is 11.7 Å². The molecule has 0 spiro atoms. The molecule has 0 saturated heterocycles. The number of Topliss-reactive ketones (excluding diaryl/α,β-unsaturated/α-hetero) is 1. The molecule has 2 aromatic rings. The van der Waals surface area contributed by atoms with E-state index in [1.54, 1.807) is 30.3 Å². The Hall–Kier alpha value is -2.88. The summed E-state index contributed by atoms with van der Waals surface area (Å²) in [4.78, 5) is 23.1. The van der Waals surface area contributed by atoms with Gasteiger partial charge in [-0.2, -0.15) is 0 Å². The van der Waals surface area contributed by atoms with E-state index in [0.717, 1.165) is 5.56 Å². The van der Waals surface area contributed by atoms with Crippen LogP contribution in [0.2, 0.25) is 0 Å². The molecule has 1 amide bonds. The van der Waals surface area contributed by atoms with E-state index < -0.39 is 0 Å². The second kappa shape index (κ2) is 5.25. The number of hydrogen-bond acceptors (Lipinski definition) is 3. The molecule has 104 valence electrons. The third-order valence-electron chi connectivity index (χ3n) is 3.10. The van der Waals surface area contributed by atoms with Gasteiger partial charge in [-0.1, -0.05) is 24.3 Å². The van der Waals surface area contributed by atoms with Crippen LogP contribution in [0, 0.1) is 0 Å². The normalized spacial score (nSPS) is 14.7. The summed E-state index contributed by atoms with van der Waals surface area (Å²) in [5, 5.41) is 2.69. The molecule has 1 heterocycles. The second-order valence-corrected chi connectivity index (χ2v) is 4.74. The number of para-hydroxylation sites is 1. The highest BCUT2D eigenvalue weighted by molar-refractivity contribution is 6.14. The summed E-state index contributed by atoms with van der Waals surface area (Å²) in [7, 11) is 0. The fraction of sp³-hybridized carbons (Fsp3) is 0.0588. The molecule has 4 nitrogen and oxygen atoms in total. The lowest BCUT2D eigenvalue weighted by Gasteiger charge is -2.02. The van der Waals surface area contributed by atoms with Gasteiger partial charge in [0.1, 0.15) is 5.75 Å². The molecule has 0 atom stereocenters. The van der Waals surface area contributed by atoms with Gasteiger partial charge in [-0.15, -0.1) is 0 Å². The summed E-state index contributed by atoms with van der Waals surface area (Å²) in [6.45, 7) is 1.46. The van der Waals surface area contributed by atoms with Crippen LogP contribution in [-0.4, -0.2) is 11.7 Å². The first-order valence-electron chi connectivity index (χ1n) is 6.54. The van der Waals surface area contributed by atoms with Crippen molar-refractivity contribution in [2.45, 2.75) is 6.92 Å². The number of nitrogens with one attached hydrogen (secondary N) is 1. The first-order chi connectivity index (χ1) is 10.1. The van der Waals surface area contributed by atoms with Crippen molar-refractivity contribution >= 4 is 23.5 Å². The summed E-state index contributed by atoms with van der Waals surface area (Å²) in [6, 6.07) is 14.4. The van der Waals surface area contributed by atoms with Crippen molar-refractivity contribution in [2.75, 3.05) is 5.32 Å². The molecule has 0 fully saturated rings. The molecule has 0 bridgehead atoms. The molecule has 2 aromatic carbocycles. The fourth-order valence-electron chi connectivity index (χ4n) is 2.15. The number of amides is 1. The van der Waals surface area contributed by atoms with E-state index in [9.17, 15) is 9.59 Å². The lowest BCUT2D eigenvalue weighted by molar-refractivity contribution is -0.114. The molecule has 1 aliphatic rings. The maximum Gasteiger partial charge on any atom is 0.231 e. The van der Waals surface area contributed by atoms with Gasteiger partial charge < -0.3 is 10.1 Å². The van der Waals surface area contributed by atoms with Crippen LogP contribution < -0.4 is 10.1 Å². The van der Waals surface area contributed by atoms with E-state index >= 15 is 0 Å². The van der Waals surface area contributed by atoms with Crippen molar-refractivity contribution in [3.63, 3.8) is 0 Å². The number of carbonyl (C=O) groups excluding carboxylic acids is 2. The third-order valence-corrected chi connectivity index (χ3v) is 3.10. The maximum atomic E-state index is 12.2. The lowest BCUT2D eigenvalue weighted by Crippen LogP contribution is -2.05. The van der Waals surface area contributed by atoms with E-state index in [0.29, 0.717) is 22.8 Å². The average molecular weight is 279 g/mol. The zero-order chi connectivity index (χ0) is 14.8. The summed E-state index contributed by atoms with van der Waals surface area (Å²) in [5.74, 6) is 0.662. The minimum atomic E-state index is -0.120. The fourth-order valence-corrected chi connectivity index (χ4v) is 2.15. The number of allylic oxidation sites excluding steroid dienone is 1. The topological polar surface area (TPSA) is 55.4 Å². The molecule has 1 aliphatic heterocycles. The zero-order valence-corrected chi connectivity index (χ0v) is 11.4. The Kier molecular flexibility index (Phi) is 3.28. The van der Waals surface area contributed by atoms with Crippen molar-refractivity contribution in [3.05, 3.63) is 65.4 Å². The van der Waals surface area contributed by atoms with Crippen molar-refractivity contribution in [1.29, 1.82) is 0 Å². The summed E-state index contributed by atoms with van der Waals surface area (Å²) in [6.07, 6.45) is 1.69. The number of hydrogen-bond donors (Lipinski definition) is 1. The number of benzene rings is 2. The SMILES string of the molecule is CC(=O)Nc1ccc(C=C2Oc3ccccc3C2=O)cc1. The van der Waals surface area contributed by atoms with Gasteiger partial charge in [0.25, 0.3) is 0 Å². The number of carbonyl (C=O) groups is 2. The minimum Gasteiger partial charge on any atom is -0.452 e. The zero-order valence-electron chi connectivity index (χ0n) is 11.4. The van der Waals surface area contributed by atoms with Crippen LogP contribution >= 0.6 is 0 Å². The Balaban J connectivity index is 1.84. The summed E-state index contributed by atoms with van der Waals surface area (Å²) in [5.41, 5.74) is 2.13. The predicted octanol–water partition coefficient (Wildman–Crippen LogP) is 3.26. The number of ketones is 1. The second-order valence-electron chi connectivity index (χ2n) is 4.74. The van der Waals surface area contributed by atoms with Crippen LogP contribution in [-0.2, 0) is 4.79 Å². The Morgan fingerprint density at radius 2 is 1.81 bits per heavy atom. The monoisotopic (exact) mass is 279 g/mol. The van der Waals surface area contributed by atoms with Gasteiger partial charge in [-0.3, -0.25) is 9.59 Å². The van der Waals surface area contributed by atoms with Crippen LogP contribution in [0.25, 0.3) is 6.08 Å². The molecule has 0 aromatic heterocycles. The van der Waals surface area contributed by atoms with Gasteiger partial charge in [-0.25, -0.2) is 0 Å². The van der Waals surface area contributed by atoms with Crippen LogP contribution in [0.3, 0.4) is 0 Å². The molecule has 4 heteroatoms. The van der Waals surface area contributed by atoms with E-state index in [1.807, 2.05) is 24.3 Å². The molecule has 1 N–H and O–H groups in total. The highest BCUT2D eigenvalue weighted by atomic mass is 16.5. The van der Waals surface area contributed by atoms with Crippen LogP contribution in [0.4, 0.5) is 5.69 Å². The Bertz CT molecular complexity index is 745. The molecule has 0 radical (unpaired) electrons. The highest BCUT2D eigenvalue weighted by Crippen LogP contribution is 2.31. The Morgan fingerprint density at radius 3 is 2.48 bits per heavy atom. The number of ether oxygens (including phenoxy) is 1. The lowest BCUT2D eigenvalue weighted by atomic mass is 10.1. The number of anilines is 1. The summed E-state index contributed by atoms with van der Waals surface area (Å²) >= 11 is 0. The van der Waals surface area contributed by atoms with E-state index in [2.05, 4.69) is 5.32 Å². The predicted molar refractivity (Wildman–Crippen MR) is 80.1 cm³/mol. The first-order valence-corrected chi connectivity index (χ1v) is 6.54. The van der Waals surface area contributed by atoms with Crippen molar-refractivity contribution in [2.24, 2.45) is 0 Å². The standard InChI is InChI=1S/C17H13NO3/c1-11(19)18-13-8-6-12(7-9-13)10-16-17(20)14-4-2-3-5-15(14)21-16/h2-10H,1H3,(H,18,19). The average Bonchev–Trinajstić information content (AvgIpc) is 2.78. The van der Waals surface area contributed by atoms with Crippen molar-refractivity contribution < 1.29 is 14.3 Å². The van der Waals surface area contributed by atoms with Crippen LogP contribution in [0.1, 0.15) is 22.8 Å². The minimum absolute atomic E-state index is 0.114. The maximum absolute atomic E-state index is 12.2. The largest absolute Gasteiger partial charge is 0.452 e. The third kappa shape index (κ3) is 2.69. The molecule has 3 rings (SSSR count). The summed E-state index contributed by atoms with van der Waals surface area (Å²) < 4.78 is 5.56. The molecule has 0 saturated carbocycles. The van der Waals surface area contributed by atoms with Crippen molar-refractivity contribution in [1.82, 2.24) is 0 Å². The smallest absolute Gasteiger partial charge is 0.231 e. The van der Waals surface area contributed by atoms with Gasteiger partial charge in [0.15, 0.2) is 5.76 Å². The molecular weight excluding hydrogens is 266 g/mol. The van der Waals surface area contributed by atoms with E-state index in [4.69, 9.17) is 4.74 Å². The number of fused-ring (bicyclic) bond motifs is 1. The van der Waals surface area contributed by atoms with Crippen LogP contribution in [0.15, 0.2) is 54.3 Å². The van der Waals surface area contributed by atoms with E-state index in [1.165, 1.54) is 6.92 Å². The molecule has 21 heavy (non-hydrogen) atoms. The number of rotatable bonds is 2. The van der Waals surface area contributed by atoms with Gasteiger partial charge in [-0.05, 0) is 35.9 Å². The Labute approximate surface area is 122 Å². The van der Waals surface area contributed by atoms with Crippen molar-refractivity contribution in [3.8, 4) is 5.75 Å². The molecular formula is C17H13NO3. The highest BCUT2D eigenvalue weighted by Gasteiger charge is 2.26. The van der Waals surface area contributed by atoms with Crippen LogP contribution in [0.5, 0.6) is 5.75 Å². The quantitative estimate of drug-likeness (QED) is 0.858. The first kappa shape index (κ1) is 13.1. The van der Waals surface area contributed by atoms with Gasteiger partial charge >= 0.3 is 0 Å². The van der Waals surface area contributed by atoms with Gasteiger partial charge in [0.05, 0.1) is 5.56 Å². The van der Waals surface area contributed by atoms with Gasteiger partial charge in [0, 0.05) is 12.6 Å². The molecule has 0 unspecified atom stereocenters. The Morgan fingerprint density at radius 1 is 1.10 bits per heavy atom. The molecule has 0 aliphatic carbocycles. The van der Waals surface area contributed by atoms with E-state index in [-0.39, 0.29) is 11.7 Å².